The second kappa shape index (κ2) is 6.57. The monoisotopic (exact) mass is 236 g/mol. The Hall–Kier alpha value is -1.89. The molecule has 16 heavy (non-hydrogen) atoms. The lowest BCUT2D eigenvalue weighted by Crippen LogP contribution is -1.89. The minimum atomic E-state index is 0.362. The van der Waals surface area contributed by atoms with Crippen LogP contribution in [0, 0.1) is 11.8 Å². The summed E-state index contributed by atoms with van der Waals surface area (Å²) in [4.78, 5) is 6.60. The molecule has 0 saturated heterocycles. The number of rotatable bonds is 3. The predicted octanol–water partition coefficient (Wildman–Crippen LogP) is 2.80. The summed E-state index contributed by atoms with van der Waals surface area (Å²) in [5.41, 5.74) is 8.75. The van der Waals surface area contributed by atoms with Gasteiger partial charge in [-0.3, -0.25) is 0 Å². The molecule has 1 heterocycles. The quantitative estimate of drug-likeness (QED) is 0.266. The number of nitrogens with zero attached hydrogens (tertiary/aromatic N) is 4. The Morgan fingerprint density at radius 1 is 1.69 bits per heavy atom. The van der Waals surface area contributed by atoms with Crippen molar-refractivity contribution in [1.82, 2.24) is 4.98 Å². The molecule has 0 spiro atoms. The molecule has 0 aliphatic rings. The van der Waals surface area contributed by atoms with Crippen molar-refractivity contribution in [1.29, 1.82) is 0 Å². The fourth-order valence-electron chi connectivity index (χ4n) is 0.959. The van der Waals surface area contributed by atoms with Gasteiger partial charge in [-0.1, -0.05) is 28.6 Å². The number of azide groups is 1. The number of hydrogen-bond donors (Lipinski definition) is 0. The molecular weight excluding hydrogens is 228 g/mol. The van der Waals surface area contributed by atoms with Gasteiger partial charge in [0.05, 0.1) is 7.11 Å². The minimum absolute atomic E-state index is 0.362. The van der Waals surface area contributed by atoms with Gasteiger partial charge in [0.2, 0.25) is 5.88 Å². The van der Waals surface area contributed by atoms with E-state index >= 15 is 0 Å². The molecular formula is C10H9ClN4O. The smallest absolute Gasteiger partial charge is 0.232 e. The van der Waals surface area contributed by atoms with Crippen LogP contribution in [0.1, 0.15) is 12.0 Å². The van der Waals surface area contributed by atoms with Gasteiger partial charge >= 0.3 is 0 Å². The molecule has 0 atom stereocenters. The third kappa shape index (κ3) is 3.70. The molecule has 0 radical (unpaired) electrons. The van der Waals surface area contributed by atoms with Gasteiger partial charge < -0.3 is 4.74 Å². The zero-order valence-electron chi connectivity index (χ0n) is 8.64. The fourth-order valence-corrected chi connectivity index (χ4v) is 1.20. The lowest BCUT2D eigenvalue weighted by molar-refractivity contribution is 0.398. The van der Waals surface area contributed by atoms with Crippen LogP contribution >= 0.6 is 11.6 Å². The maximum Gasteiger partial charge on any atom is 0.232 e. The summed E-state index contributed by atoms with van der Waals surface area (Å²) in [6.45, 7) is 0.362. The molecule has 0 fully saturated rings. The maximum atomic E-state index is 8.05. The first-order chi connectivity index (χ1) is 7.77. The average Bonchev–Trinajstić information content (AvgIpc) is 2.29. The summed E-state index contributed by atoms with van der Waals surface area (Å²) in [5.74, 6) is 6.08. The van der Waals surface area contributed by atoms with Gasteiger partial charge in [-0.25, -0.2) is 4.98 Å². The molecule has 0 N–H and O–H groups in total. The number of aromatic nitrogens is 1. The minimum Gasteiger partial charge on any atom is -0.480 e. The van der Waals surface area contributed by atoms with E-state index in [2.05, 4.69) is 26.9 Å². The Morgan fingerprint density at radius 2 is 2.50 bits per heavy atom. The first-order valence-electron chi connectivity index (χ1n) is 4.47. The van der Waals surface area contributed by atoms with E-state index in [9.17, 15) is 0 Å². The van der Waals surface area contributed by atoms with Crippen LogP contribution in [0.3, 0.4) is 0 Å². The first-order valence-corrected chi connectivity index (χ1v) is 4.85. The van der Waals surface area contributed by atoms with Gasteiger partial charge in [0, 0.05) is 29.6 Å². The Bertz CT molecular complexity index is 471. The number of ether oxygens (including phenoxy) is 1. The Labute approximate surface area is 98.0 Å². The van der Waals surface area contributed by atoms with E-state index in [0.29, 0.717) is 29.4 Å². The van der Waals surface area contributed by atoms with Crippen LogP contribution in [-0.4, -0.2) is 18.6 Å². The van der Waals surface area contributed by atoms with E-state index in [1.165, 1.54) is 7.11 Å². The van der Waals surface area contributed by atoms with Gasteiger partial charge in [0.25, 0.3) is 0 Å². The molecule has 6 heteroatoms. The average molecular weight is 237 g/mol. The zero-order chi connectivity index (χ0) is 11.8. The van der Waals surface area contributed by atoms with E-state index in [0.717, 1.165) is 0 Å². The molecule has 0 saturated carbocycles. The molecule has 1 aromatic rings. The number of methoxy groups -OCH3 is 1. The van der Waals surface area contributed by atoms with Crippen molar-refractivity contribution in [3.8, 4) is 17.7 Å². The van der Waals surface area contributed by atoms with Crippen LogP contribution in [0.5, 0.6) is 5.88 Å². The van der Waals surface area contributed by atoms with E-state index in [4.69, 9.17) is 21.9 Å². The highest BCUT2D eigenvalue weighted by atomic mass is 35.5. The van der Waals surface area contributed by atoms with Crippen molar-refractivity contribution in [2.75, 3.05) is 13.7 Å². The summed E-state index contributed by atoms with van der Waals surface area (Å²) in [7, 11) is 1.50. The topological polar surface area (TPSA) is 70.9 Å². The molecule has 82 valence electrons. The zero-order valence-corrected chi connectivity index (χ0v) is 9.40. The van der Waals surface area contributed by atoms with Crippen molar-refractivity contribution in [2.24, 2.45) is 5.11 Å². The van der Waals surface area contributed by atoms with E-state index in [-0.39, 0.29) is 0 Å². The molecule has 5 nitrogen and oxygen atoms in total. The van der Waals surface area contributed by atoms with Crippen molar-refractivity contribution < 1.29 is 4.74 Å². The van der Waals surface area contributed by atoms with E-state index in [1.54, 1.807) is 12.3 Å². The summed E-state index contributed by atoms with van der Waals surface area (Å²) in [6, 6.07) is 1.67. The lowest BCUT2D eigenvalue weighted by atomic mass is 10.3. The molecule has 1 aromatic heterocycles. The standard InChI is InChI=1S/C10H9ClN4O/c1-16-10-9(11)6-8(7-13-10)4-2-3-5-14-15-12/h6-7H,3,5H2,1H3. The van der Waals surface area contributed by atoms with Crippen molar-refractivity contribution >= 4 is 11.6 Å². The van der Waals surface area contributed by atoms with Gasteiger partial charge in [-0.2, -0.15) is 0 Å². The molecule has 1 rings (SSSR count). The van der Waals surface area contributed by atoms with Crippen molar-refractivity contribution in [3.05, 3.63) is 33.3 Å². The third-order valence-corrected chi connectivity index (χ3v) is 1.90. The molecule has 0 unspecified atom stereocenters. The Morgan fingerprint density at radius 3 is 3.12 bits per heavy atom. The first kappa shape index (κ1) is 12.2. The van der Waals surface area contributed by atoms with Gasteiger partial charge in [0.15, 0.2) is 0 Å². The predicted molar refractivity (Wildman–Crippen MR) is 61.3 cm³/mol. The number of hydrogen-bond acceptors (Lipinski definition) is 3. The van der Waals surface area contributed by atoms with Gasteiger partial charge in [-0.05, 0) is 11.6 Å². The van der Waals surface area contributed by atoms with Crippen LogP contribution in [0.4, 0.5) is 0 Å². The largest absolute Gasteiger partial charge is 0.480 e. The highest BCUT2D eigenvalue weighted by Gasteiger charge is 2.00. The summed E-state index contributed by atoms with van der Waals surface area (Å²) in [6.07, 6.45) is 2.08. The Kier molecular flexibility index (Phi) is 5.00. The lowest BCUT2D eigenvalue weighted by Gasteiger charge is -2.00. The van der Waals surface area contributed by atoms with Crippen LogP contribution in [0.25, 0.3) is 10.4 Å². The van der Waals surface area contributed by atoms with E-state index in [1.807, 2.05) is 0 Å². The van der Waals surface area contributed by atoms with Crippen molar-refractivity contribution in [3.63, 3.8) is 0 Å². The SMILES string of the molecule is COc1ncc(C#CCCN=[N+]=[N-])cc1Cl. The third-order valence-electron chi connectivity index (χ3n) is 1.63. The highest BCUT2D eigenvalue weighted by Crippen LogP contribution is 2.21. The van der Waals surface area contributed by atoms with E-state index < -0.39 is 0 Å². The summed E-state index contributed by atoms with van der Waals surface area (Å²) >= 11 is 5.87. The number of halogens is 1. The summed E-state index contributed by atoms with van der Waals surface area (Å²) < 4.78 is 4.91. The van der Waals surface area contributed by atoms with Gasteiger partial charge in [-0.15, -0.1) is 0 Å². The van der Waals surface area contributed by atoms with Crippen LogP contribution in [0.15, 0.2) is 17.4 Å². The maximum absolute atomic E-state index is 8.05. The molecule has 0 aromatic carbocycles. The second-order valence-corrected chi connectivity index (χ2v) is 3.13. The summed E-state index contributed by atoms with van der Waals surface area (Å²) in [5, 5.41) is 3.78. The normalized spacial score (nSPS) is 8.62. The van der Waals surface area contributed by atoms with Crippen LogP contribution in [0.2, 0.25) is 5.02 Å². The van der Waals surface area contributed by atoms with Crippen LogP contribution < -0.4 is 4.74 Å². The number of pyridine rings is 1. The molecule has 0 bridgehead atoms. The van der Waals surface area contributed by atoms with Gasteiger partial charge in [0.1, 0.15) is 5.02 Å². The van der Waals surface area contributed by atoms with Crippen LogP contribution in [-0.2, 0) is 0 Å². The molecule has 0 aliphatic carbocycles. The Balaban J connectivity index is 2.67. The highest BCUT2D eigenvalue weighted by molar-refractivity contribution is 6.31. The molecule has 0 aliphatic heterocycles. The van der Waals surface area contributed by atoms with Crippen molar-refractivity contribution in [2.45, 2.75) is 6.42 Å². The second-order valence-electron chi connectivity index (χ2n) is 2.72. The molecule has 0 amide bonds. The fraction of sp³-hybridized carbons (Fsp3) is 0.300.